The number of rotatable bonds is 4. The number of sulfonamides is 1. The van der Waals surface area contributed by atoms with Crippen molar-refractivity contribution in [3.63, 3.8) is 0 Å². The fraction of sp³-hybridized carbons (Fsp3) is 0.444. The summed E-state index contributed by atoms with van der Waals surface area (Å²) in [6, 6.07) is 10.0. The van der Waals surface area contributed by atoms with Gasteiger partial charge in [0.2, 0.25) is 10.0 Å². The van der Waals surface area contributed by atoms with E-state index in [1.165, 1.54) is 29.3 Å². The molecule has 2 aromatic carbocycles. The van der Waals surface area contributed by atoms with Crippen LogP contribution in [-0.4, -0.2) is 24.6 Å². The fourth-order valence-corrected chi connectivity index (χ4v) is 8.54. The van der Waals surface area contributed by atoms with Crippen molar-refractivity contribution in [3.05, 3.63) is 71.3 Å². The molecule has 0 spiro atoms. The number of nitrogens with two attached hydrogens (primary N) is 1. The zero-order valence-electron chi connectivity index (χ0n) is 19.3. The number of aryl methyl sites for hydroxylation is 1. The number of phenolic OH excluding ortho intramolecular Hbond substituents is 1. The van der Waals surface area contributed by atoms with Gasteiger partial charge in [0.25, 0.3) is 0 Å². The normalized spacial score (nSPS) is 32.4. The molecule has 2 aromatic rings. The third-order valence-corrected chi connectivity index (χ3v) is 10.1. The first-order valence-electron chi connectivity index (χ1n) is 11.9. The molecule has 0 radical (unpaired) electrons. The van der Waals surface area contributed by atoms with Gasteiger partial charge in [0, 0.05) is 5.41 Å². The molecule has 0 saturated heterocycles. The van der Waals surface area contributed by atoms with E-state index in [1.807, 2.05) is 12.1 Å². The van der Waals surface area contributed by atoms with E-state index in [1.54, 1.807) is 6.07 Å². The molecular weight excluding hydrogens is 450 g/mol. The summed E-state index contributed by atoms with van der Waals surface area (Å²) >= 11 is 0. The van der Waals surface area contributed by atoms with Gasteiger partial charge in [0.15, 0.2) is 0 Å². The standard InChI is InChI=1S/C27H31NO5S/c1-3-27-12-11-26(2)15-17(24-19(25(30)31)5-4-6-23(24)34(28,32)33)14-22(26)21(27)9-7-16-13-18(29)8-10-20(16)27/h3-6,8,10,13,17,21-22,29H,1,7,9,11-12,14-15H2,2H3,(H,30,31)(H2,28,32,33)/t17-,21+,22+,26-,27-/m1/s1. The van der Waals surface area contributed by atoms with Crippen LogP contribution in [0.4, 0.5) is 0 Å². The number of carboxylic acids is 1. The number of carbonyl (C=O) groups is 1. The van der Waals surface area contributed by atoms with E-state index >= 15 is 0 Å². The number of phenols is 1. The van der Waals surface area contributed by atoms with Crippen molar-refractivity contribution in [2.24, 2.45) is 22.4 Å². The molecule has 0 amide bonds. The van der Waals surface area contributed by atoms with Crippen molar-refractivity contribution in [2.45, 2.75) is 61.7 Å². The van der Waals surface area contributed by atoms with Crippen LogP contribution < -0.4 is 5.14 Å². The number of primary sulfonamides is 1. The van der Waals surface area contributed by atoms with E-state index < -0.39 is 16.0 Å². The van der Waals surface area contributed by atoms with E-state index in [9.17, 15) is 23.4 Å². The van der Waals surface area contributed by atoms with Crippen LogP contribution >= 0.6 is 0 Å². The lowest BCUT2D eigenvalue weighted by Gasteiger charge is -2.55. The van der Waals surface area contributed by atoms with Gasteiger partial charge in [-0.1, -0.05) is 25.1 Å². The average Bonchev–Trinajstić information content (AvgIpc) is 3.14. The van der Waals surface area contributed by atoms with Crippen molar-refractivity contribution in [1.29, 1.82) is 0 Å². The maximum Gasteiger partial charge on any atom is 0.336 e. The van der Waals surface area contributed by atoms with Gasteiger partial charge in [-0.15, -0.1) is 6.58 Å². The topological polar surface area (TPSA) is 118 Å². The number of carboxylic acid groups (broad SMARTS) is 1. The van der Waals surface area contributed by atoms with Gasteiger partial charge in [-0.2, -0.15) is 0 Å². The molecule has 3 aliphatic carbocycles. The summed E-state index contributed by atoms with van der Waals surface area (Å²) in [5, 5.41) is 25.4. The highest BCUT2D eigenvalue weighted by Gasteiger charge is 2.58. The third kappa shape index (κ3) is 3.32. The van der Waals surface area contributed by atoms with Crippen LogP contribution in [0.2, 0.25) is 0 Å². The number of aromatic carboxylic acids is 1. The molecule has 0 bridgehead atoms. The number of fused-ring (bicyclic) bond motifs is 5. The minimum atomic E-state index is -4.07. The monoisotopic (exact) mass is 481 g/mol. The number of hydrogen-bond acceptors (Lipinski definition) is 4. The van der Waals surface area contributed by atoms with E-state index in [-0.39, 0.29) is 33.0 Å². The molecule has 0 heterocycles. The summed E-state index contributed by atoms with van der Waals surface area (Å²) < 4.78 is 24.8. The second-order valence-corrected chi connectivity index (χ2v) is 12.2. The summed E-state index contributed by atoms with van der Waals surface area (Å²) in [6.07, 6.45) is 7.24. The summed E-state index contributed by atoms with van der Waals surface area (Å²) in [4.78, 5) is 12.0. The Hall–Kier alpha value is -2.64. The van der Waals surface area contributed by atoms with Gasteiger partial charge < -0.3 is 10.2 Å². The molecule has 0 unspecified atom stereocenters. The SMILES string of the molecule is C=C[C@]12CC[C@]3(C)C[C@H](c4c(C(=O)O)cccc4S(N)(=O)=O)C[C@H]3[C@@H]1CCc1cc(O)ccc12. The Morgan fingerprint density at radius 3 is 2.65 bits per heavy atom. The highest BCUT2D eigenvalue weighted by Crippen LogP contribution is 2.66. The molecule has 5 rings (SSSR count). The molecule has 5 atom stereocenters. The fourth-order valence-electron chi connectivity index (χ4n) is 7.69. The molecule has 0 aromatic heterocycles. The summed E-state index contributed by atoms with van der Waals surface area (Å²) in [7, 11) is -4.07. The highest BCUT2D eigenvalue weighted by atomic mass is 32.2. The predicted octanol–water partition coefficient (Wildman–Crippen LogP) is 4.72. The van der Waals surface area contributed by atoms with Crippen molar-refractivity contribution in [3.8, 4) is 5.75 Å². The van der Waals surface area contributed by atoms with Crippen LogP contribution in [0.25, 0.3) is 0 Å². The van der Waals surface area contributed by atoms with Gasteiger partial charge in [-0.05, 0) is 103 Å². The zero-order chi connectivity index (χ0) is 24.5. The predicted molar refractivity (Wildman–Crippen MR) is 129 cm³/mol. The van der Waals surface area contributed by atoms with Crippen molar-refractivity contribution >= 4 is 16.0 Å². The van der Waals surface area contributed by atoms with Gasteiger partial charge in [-0.25, -0.2) is 18.4 Å². The summed E-state index contributed by atoms with van der Waals surface area (Å²) in [6.45, 7) is 6.52. The van der Waals surface area contributed by atoms with Crippen molar-refractivity contribution < 1.29 is 23.4 Å². The first-order valence-corrected chi connectivity index (χ1v) is 13.4. The Kier molecular flexibility index (Phi) is 5.22. The van der Waals surface area contributed by atoms with Crippen LogP contribution in [0.1, 0.15) is 72.0 Å². The first kappa shape index (κ1) is 23.1. The third-order valence-electron chi connectivity index (χ3n) is 9.09. The number of benzene rings is 2. The number of allylic oxidation sites excluding steroid dienone is 1. The molecule has 3 aliphatic rings. The first-order chi connectivity index (χ1) is 16.0. The number of hydrogen-bond donors (Lipinski definition) is 3. The van der Waals surface area contributed by atoms with E-state index in [0.29, 0.717) is 17.4 Å². The smallest absolute Gasteiger partial charge is 0.336 e. The molecule has 2 fully saturated rings. The number of aromatic hydroxyl groups is 1. The van der Waals surface area contributed by atoms with Crippen molar-refractivity contribution in [2.75, 3.05) is 0 Å². The molecule has 7 heteroatoms. The summed E-state index contributed by atoms with van der Waals surface area (Å²) in [5.74, 6) is -0.439. The molecule has 0 aliphatic heterocycles. The van der Waals surface area contributed by atoms with Gasteiger partial charge >= 0.3 is 5.97 Å². The second-order valence-electron chi connectivity index (χ2n) is 10.7. The van der Waals surface area contributed by atoms with Crippen LogP contribution in [0.3, 0.4) is 0 Å². The maximum absolute atomic E-state index is 12.4. The van der Waals surface area contributed by atoms with E-state index in [0.717, 1.165) is 38.5 Å². The van der Waals surface area contributed by atoms with Gasteiger partial charge in [0.1, 0.15) is 5.75 Å². The Labute approximate surface area is 200 Å². The minimum Gasteiger partial charge on any atom is -0.508 e. The van der Waals surface area contributed by atoms with Gasteiger partial charge in [-0.3, -0.25) is 0 Å². The summed E-state index contributed by atoms with van der Waals surface area (Å²) in [5.41, 5.74) is 2.56. The minimum absolute atomic E-state index is 0.0261. The lowest BCUT2D eigenvalue weighted by atomic mass is 9.49. The second kappa shape index (κ2) is 7.68. The lowest BCUT2D eigenvalue weighted by molar-refractivity contribution is 0.0277. The van der Waals surface area contributed by atoms with E-state index in [2.05, 4.69) is 19.6 Å². The maximum atomic E-state index is 12.4. The Morgan fingerprint density at radius 2 is 1.97 bits per heavy atom. The van der Waals surface area contributed by atoms with Crippen LogP contribution in [0, 0.1) is 17.3 Å². The molecule has 180 valence electrons. The Balaban J connectivity index is 1.60. The largest absolute Gasteiger partial charge is 0.508 e. The molecule has 34 heavy (non-hydrogen) atoms. The van der Waals surface area contributed by atoms with Crippen LogP contribution in [0.15, 0.2) is 53.9 Å². The Morgan fingerprint density at radius 1 is 1.21 bits per heavy atom. The molecule has 6 nitrogen and oxygen atoms in total. The van der Waals surface area contributed by atoms with Crippen LogP contribution in [-0.2, 0) is 21.9 Å². The molecule has 2 saturated carbocycles. The molecular formula is C27H31NO5S. The zero-order valence-corrected chi connectivity index (χ0v) is 20.1. The highest BCUT2D eigenvalue weighted by molar-refractivity contribution is 7.89. The van der Waals surface area contributed by atoms with Crippen LogP contribution in [0.5, 0.6) is 5.75 Å². The quantitative estimate of drug-likeness (QED) is 0.546. The Bertz CT molecular complexity index is 1300. The van der Waals surface area contributed by atoms with E-state index in [4.69, 9.17) is 5.14 Å². The van der Waals surface area contributed by atoms with Gasteiger partial charge in [0.05, 0.1) is 10.5 Å². The molecule has 4 N–H and O–H groups in total. The van der Waals surface area contributed by atoms with Crippen molar-refractivity contribution in [1.82, 2.24) is 0 Å². The lowest BCUT2D eigenvalue weighted by Crippen LogP contribution is -2.49. The average molecular weight is 482 g/mol.